The summed E-state index contributed by atoms with van der Waals surface area (Å²) in [5.41, 5.74) is 10.5. The molecule has 0 aliphatic rings. The number of rotatable bonds is 6. The summed E-state index contributed by atoms with van der Waals surface area (Å²) in [6.45, 7) is 5.02. The Morgan fingerprint density at radius 1 is 1.43 bits per heavy atom. The van der Waals surface area contributed by atoms with Crippen LogP contribution in [0.1, 0.15) is 35.5 Å². The lowest BCUT2D eigenvalue weighted by Crippen LogP contribution is -2.38. The molecule has 0 saturated heterocycles. The van der Waals surface area contributed by atoms with Crippen molar-refractivity contribution in [3.8, 4) is 0 Å². The third-order valence-corrected chi connectivity index (χ3v) is 4.93. The predicted molar refractivity (Wildman–Crippen MR) is 90.8 cm³/mol. The summed E-state index contributed by atoms with van der Waals surface area (Å²) in [5, 5.41) is 0.753. The third kappa shape index (κ3) is 4.04. The molecule has 0 saturated carbocycles. The molecule has 0 radical (unpaired) electrons. The van der Waals surface area contributed by atoms with E-state index in [1.807, 2.05) is 30.6 Å². The zero-order chi connectivity index (χ0) is 15.4. The Labute approximate surface area is 135 Å². The van der Waals surface area contributed by atoms with Crippen LogP contribution in [0.2, 0.25) is 5.02 Å². The van der Waals surface area contributed by atoms with Gasteiger partial charge in [0.2, 0.25) is 0 Å². The zero-order valence-electron chi connectivity index (χ0n) is 12.7. The Bertz CT molecular complexity index is 584. The van der Waals surface area contributed by atoms with Gasteiger partial charge in [0.1, 0.15) is 0 Å². The first-order chi connectivity index (χ1) is 10.0. The van der Waals surface area contributed by atoms with Gasteiger partial charge in [0, 0.05) is 28.5 Å². The van der Waals surface area contributed by atoms with E-state index in [0.717, 1.165) is 23.7 Å². The van der Waals surface area contributed by atoms with E-state index in [-0.39, 0.29) is 12.1 Å². The van der Waals surface area contributed by atoms with Crippen molar-refractivity contribution in [2.24, 2.45) is 5.73 Å². The number of likely N-dealkylation sites (N-methyl/N-ethyl adjacent to an activating group) is 1. The van der Waals surface area contributed by atoms with Crippen LogP contribution in [0.5, 0.6) is 0 Å². The van der Waals surface area contributed by atoms with Crippen molar-refractivity contribution in [2.75, 3.05) is 7.05 Å². The average molecular weight is 324 g/mol. The van der Waals surface area contributed by atoms with Gasteiger partial charge in [-0.15, -0.1) is 11.3 Å². The molecule has 3 nitrogen and oxygen atoms in total. The van der Waals surface area contributed by atoms with Gasteiger partial charge in [0.25, 0.3) is 0 Å². The number of aromatic nitrogens is 1. The molecule has 2 rings (SSSR count). The molecule has 5 heteroatoms. The van der Waals surface area contributed by atoms with E-state index in [1.165, 1.54) is 10.4 Å². The molecule has 2 unspecified atom stereocenters. The number of halogens is 1. The van der Waals surface area contributed by atoms with Gasteiger partial charge >= 0.3 is 0 Å². The Hall–Kier alpha value is -0.940. The van der Waals surface area contributed by atoms with Gasteiger partial charge in [-0.1, -0.05) is 30.7 Å². The summed E-state index contributed by atoms with van der Waals surface area (Å²) in [4.78, 5) is 7.90. The number of thiazole rings is 1. The van der Waals surface area contributed by atoms with E-state index < -0.39 is 0 Å². The second-order valence-electron chi connectivity index (χ2n) is 5.35. The molecule has 21 heavy (non-hydrogen) atoms. The van der Waals surface area contributed by atoms with Gasteiger partial charge < -0.3 is 5.73 Å². The number of nitrogens with two attached hydrogens (primary N) is 1. The van der Waals surface area contributed by atoms with Crippen molar-refractivity contribution in [2.45, 2.75) is 38.9 Å². The molecule has 114 valence electrons. The van der Waals surface area contributed by atoms with E-state index in [2.05, 4.69) is 29.9 Å². The van der Waals surface area contributed by atoms with Gasteiger partial charge in [-0.05, 0) is 38.1 Å². The van der Waals surface area contributed by atoms with Crippen LogP contribution in [-0.2, 0) is 6.54 Å². The van der Waals surface area contributed by atoms with Crippen LogP contribution in [0.3, 0.4) is 0 Å². The summed E-state index contributed by atoms with van der Waals surface area (Å²) < 4.78 is 0. The highest BCUT2D eigenvalue weighted by molar-refractivity contribution is 7.09. The number of nitrogens with zero attached hydrogens (tertiary/aromatic N) is 2. The average Bonchev–Trinajstić information content (AvgIpc) is 2.84. The molecule has 0 aliphatic heterocycles. The Balaban J connectivity index is 2.25. The zero-order valence-corrected chi connectivity index (χ0v) is 14.3. The van der Waals surface area contributed by atoms with Crippen LogP contribution in [0.25, 0.3) is 0 Å². The fourth-order valence-electron chi connectivity index (χ4n) is 2.55. The summed E-state index contributed by atoms with van der Waals surface area (Å²) in [6.07, 6.45) is 0.920. The molecule has 0 amide bonds. The Kier molecular flexibility index (Phi) is 5.76. The Morgan fingerprint density at radius 3 is 2.76 bits per heavy atom. The van der Waals surface area contributed by atoms with Gasteiger partial charge in [-0.25, -0.2) is 4.98 Å². The first-order valence-corrected chi connectivity index (χ1v) is 8.39. The third-order valence-electron chi connectivity index (χ3n) is 3.78. The molecule has 2 atom stereocenters. The van der Waals surface area contributed by atoms with Crippen LogP contribution < -0.4 is 5.73 Å². The van der Waals surface area contributed by atoms with Crippen LogP contribution in [0.15, 0.2) is 29.8 Å². The van der Waals surface area contributed by atoms with Gasteiger partial charge in [0.05, 0.1) is 11.2 Å². The van der Waals surface area contributed by atoms with Crippen LogP contribution in [-0.4, -0.2) is 23.0 Å². The topological polar surface area (TPSA) is 42.1 Å². The summed E-state index contributed by atoms with van der Waals surface area (Å²) in [7, 11) is 2.11. The lowest BCUT2D eigenvalue weighted by atomic mass is 9.96. The SMILES string of the molecule is CCC(N)C(c1cccc(Cl)c1)N(C)Cc1scnc1C. The Morgan fingerprint density at radius 2 is 2.19 bits per heavy atom. The number of aryl methyl sites for hydroxylation is 1. The molecule has 0 spiro atoms. The fraction of sp³-hybridized carbons (Fsp3) is 0.438. The molecule has 1 heterocycles. The van der Waals surface area contributed by atoms with Crippen LogP contribution in [0, 0.1) is 6.92 Å². The quantitative estimate of drug-likeness (QED) is 0.873. The monoisotopic (exact) mass is 323 g/mol. The van der Waals surface area contributed by atoms with Crippen molar-refractivity contribution < 1.29 is 0 Å². The van der Waals surface area contributed by atoms with Crippen molar-refractivity contribution >= 4 is 22.9 Å². The predicted octanol–water partition coefficient (Wildman–Crippen LogP) is 4.02. The smallest absolute Gasteiger partial charge is 0.0798 e. The minimum atomic E-state index is 0.0710. The van der Waals surface area contributed by atoms with Gasteiger partial charge in [-0.2, -0.15) is 0 Å². The molecule has 0 aliphatic carbocycles. The molecular weight excluding hydrogens is 302 g/mol. The number of benzene rings is 1. The first kappa shape index (κ1) is 16.4. The maximum Gasteiger partial charge on any atom is 0.0798 e. The molecule has 2 N–H and O–H groups in total. The fourth-order valence-corrected chi connectivity index (χ4v) is 3.58. The van der Waals surface area contributed by atoms with E-state index in [0.29, 0.717) is 0 Å². The second kappa shape index (κ2) is 7.36. The molecule has 1 aromatic heterocycles. The van der Waals surface area contributed by atoms with E-state index in [9.17, 15) is 0 Å². The van der Waals surface area contributed by atoms with Crippen LogP contribution >= 0.6 is 22.9 Å². The maximum atomic E-state index is 6.37. The van der Waals surface area contributed by atoms with Crippen molar-refractivity contribution in [3.05, 3.63) is 50.9 Å². The van der Waals surface area contributed by atoms with Gasteiger partial charge in [0.15, 0.2) is 0 Å². The van der Waals surface area contributed by atoms with Crippen molar-refractivity contribution in [1.82, 2.24) is 9.88 Å². The lowest BCUT2D eigenvalue weighted by Gasteiger charge is -2.32. The molecule has 0 fully saturated rings. The maximum absolute atomic E-state index is 6.37. The summed E-state index contributed by atoms with van der Waals surface area (Å²) in [6, 6.07) is 8.21. The molecule has 1 aromatic carbocycles. The molecular formula is C16H22ClN3S. The molecule has 2 aromatic rings. The number of hydrogen-bond donors (Lipinski definition) is 1. The minimum absolute atomic E-state index is 0.0710. The molecule has 0 bridgehead atoms. The standard InChI is InChI=1S/C16H22ClN3S/c1-4-14(18)16(12-6-5-7-13(17)8-12)20(3)9-15-11(2)19-10-21-15/h5-8,10,14,16H,4,9,18H2,1-3H3. The normalized spacial score (nSPS) is 14.4. The van der Waals surface area contributed by atoms with E-state index >= 15 is 0 Å². The van der Waals surface area contributed by atoms with Gasteiger partial charge in [-0.3, -0.25) is 4.90 Å². The van der Waals surface area contributed by atoms with E-state index in [4.69, 9.17) is 17.3 Å². The lowest BCUT2D eigenvalue weighted by molar-refractivity contribution is 0.203. The highest BCUT2D eigenvalue weighted by Gasteiger charge is 2.24. The highest BCUT2D eigenvalue weighted by Crippen LogP contribution is 2.28. The second-order valence-corrected chi connectivity index (χ2v) is 6.72. The summed E-state index contributed by atoms with van der Waals surface area (Å²) in [5.74, 6) is 0. The summed E-state index contributed by atoms with van der Waals surface area (Å²) >= 11 is 7.84. The first-order valence-electron chi connectivity index (χ1n) is 7.13. The number of hydrogen-bond acceptors (Lipinski definition) is 4. The van der Waals surface area contributed by atoms with Crippen LogP contribution in [0.4, 0.5) is 0 Å². The largest absolute Gasteiger partial charge is 0.326 e. The highest BCUT2D eigenvalue weighted by atomic mass is 35.5. The van der Waals surface area contributed by atoms with E-state index in [1.54, 1.807) is 11.3 Å². The van der Waals surface area contributed by atoms with Crippen molar-refractivity contribution in [1.29, 1.82) is 0 Å². The minimum Gasteiger partial charge on any atom is -0.326 e. The van der Waals surface area contributed by atoms with Crippen molar-refractivity contribution in [3.63, 3.8) is 0 Å².